The summed E-state index contributed by atoms with van der Waals surface area (Å²) in [5, 5.41) is 11.9. The lowest BCUT2D eigenvalue weighted by molar-refractivity contribution is -0.387. The summed E-state index contributed by atoms with van der Waals surface area (Å²) in [4.78, 5) is 22.0. The van der Waals surface area contributed by atoms with Gasteiger partial charge in [0.1, 0.15) is 11.4 Å². The molecule has 8 nitrogen and oxygen atoms in total. The van der Waals surface area contributed by atoms with Crippen molar-refractivity contribution in [2.75, 3.05) is 5.43 Å². The second-order valence-corrected chi connectivity index (χ2v) is 4.55. The first-order valence-corrected chi connectivity index (χ1v) is 6.07. The minimum atomic E-state index is -0.617. The Labute approximate surface area is 116 Å². The van der Waals surface area contributed by atoms with Gasteiger partial charge in [-0.3, -0.25) is 10.1 Å². The van der Waals surface area contributed by atoms with Crippen molar-refractivity contribution in [3.05, 3.63) is 39.8 Å². The molecule has 0 atom stereocenters. The van der Waals surface area contributed by atoms with E-state index < -0.39 is 4.92 Å². The molecule has 0 unspecified atom stereocenters. The zero-order chi connectivity index (χ0) is 13.8. The molecular weight excluding hydrogens is 292 g/mol. The highest BCUT2D eigenvalue weighted by molar-refractivity contribution is 7.99. The van der Waals surface area contributed by atoms with Gasteiger partial charge >= 0.3 is 5.69 Å². The summed E-state index contributed by atoms with van der Waals surface area (Å²) in [5.41, 5.74) is 1.84. The second-order valence-electron chi connectivity index (χ2n) is 3.17. The molecule has 0 aliphatic heterocycles. The Hall–Kier alpha value is -1.97. The fraction of sp³-hybridized carbons (Fsp3) is 0. The number of hydrazine groups is 1. The minimum absolute atomic E-state index is 0.0745. The van der Waals surface area contributed by atoms with E-state index in [0.717, 1.165) is 11.8 Å². The van der Waals surface area contributed by atoms with Gasteiger partial charge in [-0.1, -0.05) is 11.6 Å². The van der Waals surface area contributed by atoms with Crippen LogP contribution in [0.15, 0.2) is 34.7 Å². The number of nitrogen functional groups attached to an aromatic ring is 1. The Bertz CT molecular complexity index is 625. The van der Waals surface area contributed by atoms with Crippen LogP contribution in [0.3, 0.4) is 0 Å². The van der Waals surface area contributed by atoms with E-state index in [4.69, 9.17) is 17.4 Å². The Kier molecular flexibility index (Phi) is 4.10. The van der Waals surface area contributed by atoms with Crippen LogP contribution in [0, 0.1) is 10.1 Å². The third-order valence-electron chi connectivity index (χ3n) is 2.03. The molecule has 0 fully saturated rings. The molecule has 2 aromatic heterocycles. The lowest BCUT2D eigenvalue weighted by Gasteiger charge is -2.05. The van der Waals surface area contributed by atoms with Gasteiger partial charge in [-0.2, -0.15) is 0 Å². The number of nitrogens with two attached hydrogens (primary N) is 1. The van der Waals surface area contributed by atoms with E-state index in [1.54, 1.807) is 12.1 Å². The molecule has 2 heterocycles. The Morgan fingerprint density at radius 3 is 2.79 bits per heavy atom. The average molecular weight is 299 g/mol. The highest BCUT2D eigenvalue weighted by Crippen LogP contribution is 2.37. The van der Waals surface area contributed by atoms with Crippen LogP contribution in [0.2, 0.25) is 5.02 Å². The van der Waals surface area contributed by atoms with Gasteiger partial charge in [0.25, 0.3) is 0 Å². The quantitative estimate of drug-likeness (QED) is 0.380. The molecule has 10 heteroatoms. The molecule has 0 amide bonds. The van der Waals surface area contributed by atoms with Gasteiger partial charge in [0.05, 0.1) is 9.95 Å². The Balaban J connectivity index is 2.46. The minimum Gasteiger partial charge on any atom is -0.303 e. The van der Waals surface area contributed by atoms with Gasteiger partial charge in [0.15, 0.2) is 5.03 Å². The first kappa shape index (κ1) is 13.5. The highest BCUT2D eigenvalue weighted by atomic mass is 35.5. The van der Waals surface area contributed by atoms with Crippen molar-refractivity contribution < 1.29 is 4.92 Å². The summed E-state index contributed by atoms with van der Waals surface area (Å²) in [6, 6.07) is 3.29. The van der Waals surface area contributed by atoms with Crippen LogP contribution < -0.4 is 11.3 Å². The van der Waals surface area contributed by atoms with E-state index in [0.29, 0.717) is 10.0 Å². The van der Waals surface area contributed by atoms with Gasteiger partial charge in [-0.25, -0.2) is 20.8 Å². The van der Waals surface area contributed by atoms with Crippen molar-refractivity contribution in [2.45, 2.75) is 10.1 Å². The van der Waals surface area contributed by atoms with Crippen LogP contribution in [-0.4, -0.2) is 19.9 Å². The van der Waals surface area contributed by atoms with Gasteiger partial charge in [0.2, 0.25) is 5.82 Å². The van der Waals surface area contributed by atoms with Crippen LogP contribution in [0.5, 0.6) is 0 Å². The predicted molar refractivity (Wildman–Crippen MR) is 69.9 cm³/mol. The fourth-order valence-electron chi connectivity index (χ4n) is 1.25. The number of nitro groups is 1. The van der Waals surface area contributed by atoms with Crippen LogP contribution in [0.1, 0.15) is 0 Å². The highest BCUT2D eigenvalue weighted by Gasteiger charge is 2.24. The third-order valence-corrected chi connectivity index (χ3v) is 3.45. The van der Waals surface area contributed by atoms with Gasteiger partial charge in [0, 0.05) is 6.20 Å². The number of nitrogens with zero attached hydrogens (tertiary/aromatic N) is 4. The zero-order valence-electron chi connectivity index (χ0n) is 9.28. The van der Waals surface area contributed by atoms with Crippen LogP contribution in [0.25, 0.3) is 0 Å². The topological polar surface area (TPSA) is 120 Å². The Morgan fingerprint density at radius 2 is 2.16 bits per heavy atom. The number of hydrogen-bond acceptors (Lipinski definition) is 8. The maximum Gasteiger partial charge on any atom is 0.344 e. The number of halogens is 1. The lowest BCUT2D eigenvalue weighted by atomic mass is 10.5. The molecule has 0 bridgehead atoms. The largest absolute Gasteiger partial charge is 0.344 e. The summed E-state index contributed by atoms with van der Waals surface area (Å²) in [7, 11) is 0. The maximum absolute atomic E-state index is 11.0. The van der Waals surface area contributed by atoms with E-state index in [9.17, 15) is 10.1 Å². The normalized spacial score (nSPS) is 10.2. The van der Waals surface area contributed by atoms with Crippen molar-refractivity contribution in [1.82, 2.24) is 15.0 Å². The number of anilines is 1. The van der Waals surface area contributed by atoms with Crippen LogP contribution >= 0.6 is 23.4 Å². The molecule has 0 spiro atoms. The average Bonchev–Trinajstić information content (AvgIpc) is 2.40. The van der Waals surface area contributed by atoms with E-state index in [2.05, 4.69) is 20.4 Å². The smallest absolute Gasteiger partial charge is 0.303 e. The van der Waals surface area contributed by atoms with E-state index in [1.807, 2.05) is 0 Å². The number of nitrogens with one attached hydrogen (secondary N) is 1. The van der Waals surface area contributed by atoms with E-state index in [1.165, 1.54) is 12.5 Å². The number of pyridine rings is 1. The SMILES string of the molecule is NNc1ncnc(Sc2ncccc2Cl)c1[N+](=O)[O-]. The Morgan fingerprint density at radius 1 is 1.37 bits per heavy atom. The molecule has 0 saturated carbocycles. The van der Waals surface area contributed by atoms with Crippen molar-refractivity contribution in [3.63, 3.8) is 0 Å². The summed E-state index contributed by atoms with van der Waals surface area (Å²) < 4.78 is 0. The van der Waals surface area contributed by atoms with Gasteiger partial charge in [-0.15, -0.1) is 0 Å². The second kappa shape index (κ2) is 5.78. The van der Waals surface area contributed by atoms with Gasteiger partial charge in [-0.05, 0) is 23.9 Å². The molecule has 19 heavy (non-hydrogen) atoms. The van der Waals surface area contributed by atoms with E-state index >= 15 is 0 Å². The van der Waals surface area contributed by atoms with Crippen molar-refractivity contribution in [1.29, 1.82) is 0 Å². The lowest BCUT2D eigenvalue weighted by Crippen LogP contribution is -2.12. The molecular formula is C9H7ClN6O2S. The standard InChI is InChI=1S/C9H7ClN6O2S/c10-5-2-1-3-12-8(5)19-9-6(16(17)18)7(15-11)13-4-14-9/h1-4H,11H2,(H,13,14,15). The molecule has 2 aromatic rings. The zero-order valence-corrected chi connectivity index (χ0v) is 10.9. The fourth-order valence-corrected chi connectivity index (χ4v) is 2.31. The monoisotopic (exact) mass is 298 g/mol. The van der Waals surface area contributed by atoms with Crippen molar-refractivity contribution in [2.24, 2.45) is 5.84 Å². The van der Waals surface area contributed by atoms with Crippen LogP contribution in [0.4, 0.5) is 11.5 Å². The molecule has 2 rings (SSSR count). The van der Waals surface area contributed by atoms with Crippen LogP contribution in [-0.2, 0) is 0 Å². The number of hydrogen-bond donors (Lipinski definition) is 2. The third kappa shape index (κ3) is 2.89. The molecule has 3 N–H and O–H groups in total. The molecule has 0 saturated heterocycles. The molecule has 98 valence electrons. The summed E-state index contributed by atoms with van der Waals surface area (Å²) in [5.74, 6) is 5.11. The molecule has 0 aliphatic rings. The van der Waals surface area contributed by atoms with Gasteiger partial charge < -0.3 is 5.43 Å². The van der Waals surface area contributed by atoms with E-state index in [-0.39, 0.29) is 16.5 Å². The number of rotatable bonds is 4. The molecule has 0 radical (unpaired) electrons. The summed E-state index contributed by atoms with van der Waals surface area (Å²) in [6.07, 6.45) is 2.70. The van der Waals surface area contributed by atoms with Crippen molar-refractivity contribution >= 4 is 34.9 Å². The maximum atomic E-state index is 11.0. The first-order chi connectivity index (χ1) is 9.13. The summed E-state index contributed by atoms with van der Waals surface area (Å²) in [6.45, 7) is 0. The van der Waals surface area contributed by atoms with Crippen molar-refractivity contribution in [3.8, 4) is 0 Å². The molecule has 0 aromatic carbocycles. The predicted octanol–water partition coefficient (Wildman–Crippen LogP) is 1.87. The number of aromatic nitrogens is 3. The first-order valence-electron chi connectivity index (χ1n) is 4.88. The molecule has 0 aliphatic carbocycles. The summed E-state index contributed by atoms with van der Waals surface area (Å²) >= 11 is 6.91.